The Bertz CT molecular complexity index is 355. The van der Waals surface area contributed by atoms with Crippen molar-refractivity contribution in [1.29, 1.82) is 0 Å². The van der Waals surface area contributed by atoms with Crippen LogP contribution in [0.2, 0.25) is 0 Å². The molecule has 0 aromatic heterocycles. The summed E-state index contributed by atoms with van der Waals surface area (Å²) in [7, 11) is -1.42. The maximum Gasteiger partial charge on any atom is 0.304 e. The first kappa shape index (κ1) is 14.4. The number of likely N-dealkylation sites (tertiary alicyclic amines) is 1. The van der Waals surface area contributed by atoms with E-state index in [1.165, 1.54) is 0 Å². The molecule has 1 rings (SSSR count). The second-order valence-electron chi connectivity index (χ2n) is 4.58. The standard InChI is InChI=1S/C10H20N2O4S/c1-12-5-2-3-9(8-12)7-11-17(15,16)6-4-10(13)14/h9,11H,2-8H2,1H3,(H,13,14). The quantitative estimate of drug-likeness (QED) is 0.689. The summed E-state index contributed by atoms with van der Waals surface area (Å²) in [6.45, 7) is 2.36. The fraction of sp³-hybridized carbons (Fsp3) is 0.900. The molecule has 100 valence electrons. The Morgan fingerprint density at radius 3 is 2.82 bits per heavy atom. The molecule has 0 bridgehead atoms. The van der Waals surface area contributed by atoms with E-state index < -0.39 is 16.0 Å². The van der Waals surface area contributed by atoms with E-state index in [9.17, 15) is 13.2 Å². The second kappa shape index (κ2) is 6.32. The minimum atomic E-state index is -3.44. The monoisotopic (exact) mass is 264 g/mol. The van der Waals surface area contributed by atoms with Crippen molar-refractivity contribution in [2.24, 2.45) is 5.92 Å². The van der Waals surface area contributed by atoms with Crippen LogP contribution in [-0.4, -0.2) is 56.8 Å². The molecule has 1 unspecified atom stereocenters. The van der Waals surface area contributed by atoms with Crippen molar-refractivity contribution < 1.29 is 18.3 Å². The van der Waals surface area contributed by atoms with Gasteiger partial charge in [-0.3, -0.25) is 4.79 Å². The summed E-state index contributed by atoms with van der Waals surface area (Å²) in [6, 6.07) is 0. The number of rotatable bonds is 6. The average Bonchev–Trinajstić information content (AvgIpc) is 2.24. The first-order valence-electron chi connectivity index (χ1n) is 5.77. The van der Waals surface area contributed by atoms with Crippen molar-refractivity contribution in [3.05, 3.63) is 0 Å². The number of nitrogens with zero attached hydrogens (tertiary/aromatic N) is 1. The van der Waals surface area contributed by atoms with Gasteiger partial charge in [-0.1, -0.05) is 0 Å². The Labute approximate surface area is 102 Å². The van der Waals surface area contributed by atoms with Crippen LogP contribution in [-0.2, 0) is 14.8 Å². The van der Waals surface area contributed by atoms with Gasteiger partial charge in [-0.25, -0.2) is 13.1 Å². The molecule has 1 atom stereocenters. The topological polar surface area (TPSA) is 86.7 Å². The molecule has 1 saturated heterocycles. The predicted molar refractivity (Wildman–Crippen MR) is 64.3 cm³/mol. The molecule has 1 heterocycles. The lowest BCUT2D eigenvalue weighted by atomic mass is 9.99. The third kappa shape index (κ3) is 5.99. The number of carboxylic acid groups (broad SMARTS) is 1. The van der Waals surface area contributed by atoms with Crippen LogP contribution >= 0.6 is 0 Å². The Morgan fingerprint density at radius 1 is 1.53 bits per heavy atom. The first-order chi connectivity index (χ1) is 7.89. The highest BCUT2D eigenvalue weighted by Gasteiger charge is 2.20. The van der Waals surface area contributed by atoms with Crippen molar-refractivity contribution in [1.82, 2.24) is 9.62 Å². The lowest BCUT2D eigenvalue weighted by Gasteiger charge is -2.29. The smallest absolute Gasteiger partial charge is 0.304 e. The van der Waals surface area contributed by atoms with E-state index in [1.807, 2.05) is 7.05 Å². The molecule has 0 radical (unpaired) electrons. The number of hydrogen-bond donors (Lipinski definition) is 2. The summed E-state index contributed by atoms with van der Waals surface area (Å²) in [5.41, 5.74) is 0. The van der Waals surface area contributed by atoms with Gasteiger partial charge in [0.25, 0.3) is 0 Å². The Hall–Kier alpha value is -0.660. The van der Waals surface area contributed by atoms with Crippen LogP contribution < -0.4 is 4.72 Å². The zero-order valence-corrected chi connectivity index (χ0v) is 10.9. The second-order valence-corrected chi connectivity index (χ2v) is 6.51. The first-order valence-corrected chi connectivity index (χ1v) is 7.42. The highest BCUT2D eigenvalue weighted by Crippen LogP contribution is 2.14. The van der Waals surface area contributed by atoms with Crippen molar-refractivity contribution in [2.75, 3.05) is 32.4 Å². The number of sulfonamides is 1. The largest absolute Gasteiger partial charge is 0.481 e. The lowest BCUT2D eigenvalue weighted by molar-refractivity contribution is -0.136. The van der Waals surface area contributed by atoms with E-state index in [1.54, 1.807) is 0 Å². The number of carbonyl (C=O) groups is 1. The normalized spacial score (nSPS) is 22.5. The minimum absolute atomic E-state index is 0.327. The molecule has 1 aliphatic heterocycles. The van der Waals surface area contributed by atoms with Crippen LogP contribution in [0.3, 0.4) is 0 Å². The number of piperidine rings is 1. The van der Waals surface area contributed by atoms with Gasteiger partial charge in [0.05, 0.1) is 12.2 Å². The van der Waals surface area contributed by atoms with Gasteiger partial charge in [-0.05, 0) is 32.4 Å². The molecular formula is C10H20N2O4S. The van der Waals surface area contributed by atoms with Crippen molar-refractivity contribution in [2.45, 2.75) is 19.3 Å². The highest BCUT2D eigenvalue weighted by molar-refractivity contribution is 7.89. The zero-order valence-electron chi connectivity index (χ0n) is 10.1. The molecule has 1 aliphatic rings. The Kier molecular flexibility index (Phi) is 5.35. The van der Waals surface area contributed by atoms with E-state index >= 15 is 0 Å². The molecule has 0 amide bonds. The van der Waals surface area contributed by atoms with Crippen LogP contribution in [0.5, 0.6) is 0 Å². The average molecular weight is 264 g/mol. The highest BCUT2D eigenvalue weighted by atomic mass is 32.2. The van der Waals surface area contributed by atoms with Gasteiger partial charge >= 0.3 is 5.97 Å². The molecule has 0 saturated carbocycles. The van der Waals surface area contributed by atoms with Crippen molar-refractivity contribution in [3.8, 4) is 0 Å². The zero-order chi connectivity index (χ0) is 12.9. The Morgan fingerprint density at radius 2 is 2.24 bits per heavy atom. The summed E-state index contributed by atoms with van der Waals surface area (Å²) in [5.74, 6) is -1.11. The number of aliphatic carboxylic acids is 1. The molecule has 1 fully saturated rings. The summed E-state index contributed by atoms with van der Waals surface area (Å²) < 4.78 is 25.4. The number of hydrogen-bond acceptors (Lipinski definition) is 4. The summed E-state index contributed by atoms with van der Waals surface area (Å²) >= 11 is 0. The fourth-order valence-corrected chi connectivity index (χ4v) is 3.06. The van der Waals surface area contributed by atoms with Gasteiger partial charge in [-0.2, -0.15) is 0 Å². The number of nitrogens with one attached hydrogen (secondary N) is 1. The Balaban J connectivity index is 2.31. The summed E-state index contributed by atoms with van der Waals surface area (Å²) in [6.07, 6.45) is 1.75. The third-order valence-corrected chi connectivity index (χ3v) is 4.25. The fourth-order valence-electron chi connectivity index (χ4n) is 1.98. The molecule has 0 aromatic rings. The molecule has 0 aliphatic carbocycles. The van der Waals surface area contributed by atoms with Crippen molar-refractivity contribution >= 4 is 16.0 Å². The van der Waals surface area contributed by atoms with Crippen LogP contribution in [0.15, 0.2) is 0 Å². The van der Waals surface area contributed by atoms with E-state index in [2.05, 4.69) is 9.62 Å². The van der Waals surface area contributed by atoms with Crippen LogP contribution in [0.25, 0.3) is 0 Å². The molecule has 2 N–H and O–H groups in total. The van der Waals surface area contributed by atoms with Gasteiger partial charge in [-0.15, -0.1) is 0 Å². The molecule has 0 spiro atoms. The third-order valence-electron chi connectivity index (χ3n) is 2.90. The molecule has 0 aromatic carbocycles. The van der Waals surface area contributed by atoms with Gasteiger partial charge in [0.2, 0.25) is 10.0 Å². The minimum Gasteiger partial charge on any atom is -0.481 e. The molecular weight excluding hydrogens is 244 g/mol. The van der Waals surface area contributed by atoms with Crippen LogP contribution in [0, 0.1) is 5.92 Å². The number of carboxylic acids is 1. The van der Waals surface area contributed by atoms with E-state index in [0.29, 0.717) is 12.5 Å². The maximum absolute atomic E-state index is 11.5. The van der Waals surface area contributed by atoms with E-state index in [-0.39, 0.29) is 12.2 Å². The summed E-state index contributed by atoms with van der Waals surface area (Å²) in [4.78, 5) is 12.5. The summed E-state index contributed by atoms with van der Waals surface area (Å²) in [5, 5.41) is 8.43. The lowest BCUT2D eigenvalue weighted by Crippen LogP contribution is -2.39. The van der Waals surface area contributed by atoms with E-state index in [4.69, 9.17) is 5.11 Å². The van der Waals surface area contributed by atoms with Gasteiger partial charge in [0, 0.05) is 13.1 Å². The molecule has 7 heteroatoms. The SMILES string of the molecule is CN1CCCC(CNS(=O)(=O)CCC(=O)O)C1. The van der Waals surface area contributed by atoms with Crippen LogP contribution in [0.1, 0.15) is 19.3 Å². The maximum atomic E-state index is 11.5. The van der Waals surface area contributed by atoms with E-state index in [0.717, 1.165) is 25.9 Å². The van der Waals surface area contributed by atoms with Crippen molar-refractivity contribution in [3.63, 3.8) is 0 Å². The predicted octanol–water partition coefficient (Wildman–Crippen LogP) is -0.278. The molecule has 17 heavy (non-hydrogen) atoms. The van der Waals surface area contributed by atoms with Gasteiger partial charge < -0.3 is 10.0 Å². The molecule has 6 nitrogen and oxygen atoms in total. The van der Waals surface area contributed by atoms with Crippen LogP contribution in [0.4, 0.5) is 0 Å². The van der Waals surface area contributed by atoms with Gasteiger partial charge in [0.15, 0.2) is 0 Å². The van der Waals surface area contributed by atoms with Gasteiger partial charge in [0.1, 0.15) is 0 Å².